The second-order valence-corrected chi connectivity index (χ2v) is 13.5. The fraction of sp³-hybridized carbons (Fsp3) is 1.00. The van der Waals surface area contributed by atoms with Gasteiger partial charge < -0.3 is 4.57 Å². The second kappa shape index (κ2) is 11.8. The summed E-state index contributed by atoms with van der Waals surface area (Å²) in [5, 5.41) is 0. The quantitative estimate of drug-likeness (QED) is 0.426. The van der Waals surface area contributed by atoms with Crippen molar-refractivity contribution >= 4 is 14.9 Å². The normalized spacial score (nSPS) is 20.4. The van der Waals surface area contributed by atoms with E-state index in [2.05, 4.69) is 55.4 Å². The molecule has 0 amide bonds. The molecule has 23 heavy (non-hydrogen) atoms. The van der Waals surface area contributed by atoms with Crippen LogP contribution >= 0.6 is 14.9 Å². The molecule has 0 bridgehead atoms. The molecule has 140 valence electrons. The Hall–Kier alpha value is 0.330. The fourth-order valence-electron chi connectivity index (χ4n) is 2.59. The number of hydrogen-bond donors (Lipinski definition) is 0. The van der Waals surface area contributed by atoms with E-state index in [4.69, 9.17) is 0 Å². The molecule has 0 spiro atoms. The van der Waals surface area contributed by atoms with E-state index in [-0.39, 0.29) is 0 Å². The maximum atomic E-state index is 11.8. The van der Waals surface area contributed by atoms with Crippen molar-refractivity contribution in [2.24, 2.45) is 23.7 Å². The van der Waals surface area contributed by atoms with Gasteiger partial charge in [0.05, 0.1) is 7.14 Å². The van der Waals surface area contributed by atoms with Crippen LogP contribution in [0.4, 0.5) is 0 Å². The van der Waals surface area contributed by atoms with E-state index in [9.17, 15) is 9.13 Å². The van der Waals surface area contributed by atoms with Crippen molar-refractivity contribution in [3.05, 3.63) is 0 Å². The lowest BCUT2D eigenvalue weighted by atomic mass is 9.91. The molecule has 0 aromatic rings. The highest BCUT2D eigenvalue weighted by Gasteiger charge is 2.29. The van der Waals surface area contributed by atoms with Gasteiger partial charge in [0.2, 0.25) is 0 Å². The highest BCUT2D eigenvalue weighted by Crippen LogP contribution is 2.47. The van der Waals surface area contributed by atoms with Crippen molar-refractivity contribution in [3.63, 3.8) is 0 Å². The van der Waals surface area contributed by atoms with Gasteiger partial charge in [0, 0.05) is 11.6 Å². The van der Waals surface area contributed by atoms with Gasteiger partial charge in [0.15, 0.2) is 5.66 Å². The predicted molar refractivity (Wildman–Crippen MR) is 109 cm³/mol. The van der Waals surface area contributed by atoms with Crippen LogP contribution in [0.25, 0.3) is 0 Å². The molecule has 0 fully saturated rings. The van der Waals surface area contributed by atoms with E-state index in [0.29, 0.717) is 35.0 Å². The molecule has 0 heterocycles. The van der Waals surface area contributed by atoms with Crippen molar-refractivity contribution in [2.75, 3.05) is 20.0 Å². The molecule has 0 radical (unpaired) electrons. The Morgan fingerprint density at radius 1 is 0.826 bits per heavy atom. The van der Waals surface area contributed by atoms with Gasteiger partial charge in [-0.2, -0.15) is 0 Å². The van der Waals surface area contributed by atoms with Crippen LogP contribution in [0.2, 0.25) is 0 Å². The van der Waals surface area contributed by atoms with Gasteiger partial charge in [-0.1, -0.05) is 65.9 Å². The molecule has 0 rings (SSSR count). The Bertz CT molecular complexity index is 376. The standard InChI is InChI=1S/C10H23OP.C9H20OP/c1-7-8(2)9(3)10(4)12(5,6)11;1-6-7(2)8(3)9(4)11(5)10/h8-10H,7H2,1-6H3;7-9H,6H2,1-5H3/q;+1. The van der Waals surface area contributed by atoms with E-state index in [1.54, 1.807) is 0 Å². The lowest BCUT2D eigenvalue weighted by Crippen LogP contribution is -2.20. The molecule has 0 saturated heterocycles. The van der Waals surface area contributed by atoms with E-state index in [1.165, 1.54) is 12.8 Å². The molecular weight excluding hydrogens is 322 g/mol. The second-order valence-electron chi connectivity index (χ2n) is 7.95. The van der Waals surface area contributed by atoms with Gasteiger partial charge in [-0.15, -0.1) is 0 Å². The summed E-state index contributed by atoms with van der Waals surface area (Å²) in [6.07, 6.45) is 2.38. The molecule has 7 atom stereocenters. The van der Waals surface area contributed by atoms with Crippen LogP contribution < -0.4 is 0 Å². The van der Waals surface area contributed by atoms with Crippen molar-refractivity contribution < 1.29 is 9.13 Å². The lowest BCUT2D eigenvalue weighted by Gasteiger charge is -2.28. The topological polar surface area (TPSA) is 34.1 Å². The molecule has 7 unspecified atom stereocenters. The lowest BCUT2D eigenvalue weighted by molar-refractivity contribution is 0.366. The number of hydrogen-bond acceptors (Lipinski definition) is 2. The average molecular weight is 365 g/mol. The maximum Gasteiger partial charge on any atom is 0.338 e. The average Bonchev–Trinajstić information content (AvgIpc) is 2.49. The van der Waals surface area contributed by atoms with Crippen LogP contribution in [0.15, 0.2) is 0 Å². The third kappa shape index (κ3) is 10.0. The molecule has 0 aromatic heterocycles. The van der Waals surface area contributed by atoms with Crippen LogP contribution in [0.5, 0.6) is 0 Å². The number of rotatable bonds is 8. The molecule has 0 aromatic carbocycles. The molecule has 0 aliphatic carbocycles. The van der Waals surface area contributed by atoms with Gasteiger partial charge in [-0.3, -0.25) is 0 Å². The Morgan fingerprint density at radius 2 is 1.17 bits per heavy atom. The van der Waals surface area contributed by atoms with E-state index in [1.807, 2.05) is 20.0 Å². The van der Waals surface area contributed by atoms with Gasteiger partial charge >= 0.3 is 7.80 Å². The van der Waals surface area contributed by atoms with Crippen molar-refractivity contribution in [1.29, 1.82) is 0 Å². The summed E-state index contributed by atoms with van der Waals surface area (Å²) in [6, 6.07) is 0. The minimum absolute atomic E-state index is 0.368. The first kappa shape index (κ1) is 25.6. The smallest absolute Gasteiger partial charge is 0.324 e. The summed E-state index contributed by atoms with van der Waals surface area (Å²) in [5.41, 5.74) is 0.743. The zero-order valence-electron chi connectivity index (χ0n) is 17.6. The summed E-state index contributed by atoms with van der Waals surface area (Å²) >= 11 is 0. The summed E-state index contributed by atoms with van der Waals surface area (Å²) in [7, 11) is -2.87. The Morgan fingerprint density at radius 3 is 1.43 bits per heavy atom. The zero-order valence-corrected chi connectivity index (χ0v) is 19.4. The van der Waals surface area contributed by atoms with Crippen molar-refractivity contribution in [1.82, 2.24) is 0 Å². The first-order chi connectivity index (χ1) is 10.3. The minimum atomic E-state index is -1.88. The molecule has 0 saturated carbocycles. The fourth-order valence-corrected chi connectivity index (χ4v) is 4.97. The van der Waals surface area contributed by atoms with Gasteiger partial charge in [-0.05, 0) is 38.0 Å². The van der Waals surface area contributed by atoms with E-state index in [0.717, 1.165) is 0 Å². The first-order valence-corrected chi connectivity index (χ1v) is 13.7. The van der Waals surface area contributed by atoms with Crippen LogP contribution in [0, 0.1) is 23.7 Å². The summed E-state index contributed by atoms with van der Waals surface area (Å²) in [4.78, 5) is 0. The first-order valence-electron chi connectivity index (χ1n) is 9.25. The largest absolute Gasteiger partial charge is 0.338 e. The molecule has 0 aliphatic heterocycles. The van der Waals surface area contributed by atoms with Crippen molar-refractivity contribution in [2.45, 2.75) is 79.5 Å². The van der Waals surface area contributed by atoms with Gasteiger partial charge in [0.25, 0.3) is 0 Å². The summed E-state index contributed by atoms with van der Waals surface area (Å²) in [6.45, 7) is 23.1. The molecular formula is C19H43O2P2+. The maximum absolute atomic E-state index is 11.8. The van der Waals surface area contributed by atoms with Gasteiger partial charge in [-0.25, -0.2) is 0 Å². The molecule has 0 N–H and O–H groups in total. The summed E-state index contributed by atoms with van der Waals surface area (Å²) < 4.78 is 22.9. The Kier molecular flexibility index (Phi) is 13.1. The van der Waals surface area contributed by atoms with Gasteiger partial charge in [0.1, 0.15) is 6.66 Å². The highest BCUT2D eigenvalue weighted by atomic mass is 31.2. The van der Waals surface area contributed by atoms with Crippen molar-refractivity contribution in [3.8, 4) is 0 Å². The zero-order chi connectivity index (χ0) is 19.0. The summed E-state index contributed by atoms with van der Waals surface area (Å²) in [5.74, 6) is 2.56. The SMILES string of the molecule is CCC(C)C(C)C(C)P(C)(C)=O.CCC(C)C(C)C(C)[P+](C)=O. The highest BCUT2D eigenvalue weighted by molar-refractivity contribution is 7.63. The van der Waals surface area contributed by atoms with Crippen LogP contribution in [-0.2, 0) is 9.13 Å². The monoisotopic (exact) mass is 365 g/mol. The molecule has 4 heteroatoms. The van der Waals surface area contributed by atoms with E-state index < -0.39 is 14.9 Å². The molecule has 2 nitrogen and oxygen atoms in total. The third-order valence-corrected chi connectivity index (χ3v) is 10.2. The van der Waals surface area contributed by atoms with E-state index >= 15 is 0 Å². The third-order valence-electron chi connectivity index (χ3n) is 6.16. The van der Waals surface area contributed by atoms with Crippen LogP contribution in [0.3, 0.4) is 0 Å². The van der Waals surface area contributed by atoms with Crippen LogP contribution in [0.1, 0.15) is 68.2 Å². The predicted octanol–water partition coefficient (Wildman–Crippen LogP) is 7.19. The van der Waals surface area contributed by atoms with Crippen LogP contribution in [-0.4, -0.2) is 31.3 Å². The Balaban J connectivity index is 0. The minimum Gasteiger partial charge on any atom is -0.324 e. The Labute approximate surface area is 147 Å². The molecule has 0 aliphatic rings.